The number of hydrogen-bond donors (Lipinski definition) is 1. The molecule has 4 nitrogen and oxygen atoms in total. The fraction of sp³-hybridized carbons (Fsp3) is 0.588. The normalized spacial score (nSPS) is 23.1. The molecule has 1 aromatic rings. The van der Waals surface area contributed by atoms with E-state index in [4.69, 9.17) is 4.74 Å². The summed E-state index contributed by atoms with van der Waals surface area (Å²) in [5.74, 6) is 0.243. The molecule has 1 amide bonds. The highest BCUT2D eigenvalue weighted by molar-refractivity contribution is 5.92. The first-order chi connectivity index (χ1) is 10.1. The minimum Gasteiger partial charge on any atom is -0.380 e. The third-order valence-electron chi connectivity index (χ3n) is 4.55. The Morgan fingerprint density at radius 3 is 2.76 bits per heavy atom. The van der Waals surface area contributed by atoms with Crippen LogP contribution >= 0.6 is 0 Å². The van der Waals surface area contributed by atoms with Crippen molar-refractivity contribution in [3.8, 4) is 0 Å². The van der Waals surface area contributed by atoms with Gasteiger partial charge in [0.15, 0.2) is 0 Å². The zero-order valence-corrected chi connectivity index (χ0v) is 13.1. The van der Waals surface area contributed by atoms with E-state index in [0.717, 1.165) is 12.8 Å². The van der Waals surface area contributed by atoms with Crippen molar-refractivity contribution < 1.29 is 9.53 Å². The van der Waals surface area contributed by atoms with E-state index in [9.17, 15) is 4.79 Å². The van der Waals surface area contributed by atoms with Gasteiger partial charge in [-0.05, 0) is 44.7 Å². The fourth-order valence-corrected chi connectivity index (χ4v) is 3.19. The molecule has 0 aromatic heterocycles. The molecule has 21 heavy (non-hydrogen) atoms. The van der Waals surface area contributed by atoms with Crippen LogP contribution in [0.2, 0.25) is 0 Å². The molecular weight excluding hydrogens is 264 g/mol. The van der Waals surface area contributed by atoms with Gasteiger partial charge in [-0.3, -0.25) is 10.1 Å². The Labute approximate surface area is 126 Å². The highest BCUT2D eigenvalue weighted by Crippen LogP contribution is 2.46. The van der Waals surface area contributed by atoms with Crippen molar-refractivity contribution in [2.24, 2.45) is 0 Å². The topological polar surface area (TPSA) is 41.6 Å². The first kappa shape index (κ1) is 14.5. The summed E-state index contributed by atoms with van der Waals surface area (Å²) >= 11 is 0. The van der Waals surface area contributed by atoms with Crippen molar-refractivity contribution in [2.45, 2.75) is 45.3 Å². The molecule has 4 heteroatoms. The van der Waals surface area contributed by atoms with Gasteiger partial charge in [-0.15, -0.1) is 0 Å². The van der Waals surface area contributed by atoms with Gasteiger partial charge in [-0.2, -0.15) is 0 Å². The van der Waals surface area contributed by atoms with E-state index in [1.807, 2.05) is 11.8 Å². The van der Waals surface area contributed by atoms with Gasteiger partial charge in [-0.25, -0.2) is 0 Å². The van der Waals surface area contributed by atoms with Gasteiger partial charge in [0.25, 0.3) is 0 Å². The Balaban J connectivity index is 1.85. The molecule has 2 aliphatic rings. The number of amides is 1. The molecule has 1 aliphatic carbocycles. The first-order valence-electron chi connectivity index (χ1n) is 7.81. The predicted molar refractivity (Wildman–Crippen MR) is 82.0 cm³/mol. The van der Waals surface area contributed by atoms with Gasteiger partial charge in [0.2, 0.25) is 5.91 Å². The van der Waals surface area contributed by atoms with Crippen molar-refractivity contribution >= 4 is 5.91 Å². The molecule has 1 aliphatic heterocycles. The number of carbonyl (C=O) groups excluding carboxylic acids is 1. The minimum atomic E-state index is -0.284. The van der Waals surface area contributed by atoms with Gasteiger partial charge in [0.1, 0.15) is 11.7 Å². The lowest BCUT2D eigenvalue weighted by atomic mass is 10.0. The average molecular weight is 288 g/mol. The van der Waals surface area contributed by atoms with Crippen LogP contribution in [0, 0.1) is 13.8 Å². The van der Waals surface area contributed by atoms with Crippen LogP contribution < -0.4 is 5.32 Å². The number of ether oxygens (including phenoxy) is 1. The summed E-state index contributed by atoms with van der Waals surface area (Å²) in [7, 11) is 0. The van der Waals surface area contributed by atoms with E-state index in [0.29, 0.717) is 19.8 Å². The van der Waals surface area contributed by atoms with Gasteiger partial charge in [-0.1, -0.05) is 23.8 Å². The third-order valence-corrected chi connectivity index (χ3v) is 4.55. The molecule has 1 atom stereocenters. The number of carbonyl (C=O) groups is 1. The van der Waals surface area contributed by atoms with E-state index in [2.05, 4.69) is 37.4 Å². The Morgan fingerprint density at radius 1 is 1.38 bits per heavy atom. The lowest BCUT2D eigenvalue weighted by Crippen LogP contribution is -2.34. The van der Waals surface area contributed by atoms with E-state index in [-0.39, 0.29) is 17.6 Å². The summed E-state index contributed by atoms with van der Waals surface area (Å²) in [4.78, 5) is 14.6. The van der Waals surface area contributed by atoms with Gasteiger partial charge < -0.3 is 9.64 Å². The van der Waals surface area contributed by atoms with Crippen LogP contribution in [-0.4, -0.2) is 36.1 Å². The highest BCUT2D eigenvalue weighted by atomic mass is 16.5. The van der Waals surface area contributed by atoms with Crippen molar-refractivity contribution in [3.05, 3.63) is 34.9 Å². The van der Waals surface area contributed by atoms with Crippen LogP contribution in [0.4, 0.5) is 0 Å². The van der Waals surface area contributed by atoms with Crippen LogP contribution in [0.5, 0.6) is 0 Å². The number of nitrogens with one attached hydrogen (secondary N) is 1. The van der Waals surface area contributed by atoms with E-state index in [1.165, 1.54) is 16.7 Å². The molecule has 0 radical (unpaired) electrons. The Morgan fingerprint density at radius 2 is 2.14 bits per heavy atom. The van der Waals surface area contributed by atoms with Crippen LogP contribution in [0.25, 0.3) is 0 Å². The Hall–Kier alpha value is -1.39. The molecule has 1 heterocycles. The second kappa shape index (κ2) is 5.43. The standard InChI is InChI=1S/C17H24N2O2/c1-4-21-10-9-19-15(18-17(7-8-17)16(19)20)14-6-5-12(2)11-13(14)3/h5-6,11,15,18H,4,7-10H2,1-3H3. The first-order valence-corrected chi connectivity index (χ1v) is 7.81. The smallest absolute Gasteiger partial charge is 0.244 e. The Kier molecular flexibility index (Phi) is 3.76. The SMILES string of the molecule is CCOCCN1C(=O)C2(CC2)NC1c1ccc(C)cc1C. The maximum Gasteiger partial charge on any atom is 0.244 e. The third kappa shape index (κ3) is 2.58. The maximum absolute atomic E-state index is 12.7. The quantitative estimate of drug-likeness (QED) is 0.845. The molecule has 1 saturated carbocycles. The van der Waals surface area contributed by atoms with E-state index in [1.54, 1.807) is 0 Å². The second-order valence-electron chi connectivity index (χ2n) is 6.18. The van der Waals surface area contributed by atoms with E-state index >= 15 is 0 Å². The second-order valence-corrected chi connectivity index (χ2v) is 6.18. The minimum absolute atomic E-state index is 0.0129. The number of nitrogens with zero attached hydrogens (tertiary/aromatic N) is 1. The van der Waals surface area contributed by atoms with Crippen molar-refractivity contribution in [2.75, 3.05) is 19.8 Å². The molecule has 1 aromatic carbocycles. The summed E-state index contributed by atoms with van der Waals surface area (Å²) in [5.41, 5.74) is 3.41. The molecule has 1 unspecified atom stereocenters. The fourth-order valence-electron chi connectivity index (χ4n) is 3.19. The summed E-state index contributed by atoms with van der Waals surface area (Å²) < 4.78 is 5.44. The van der Waals surface area contributed by atoms with Gasteiger partial charge >= 0.3 is 0 Å². The van der Waals surface area contributed by atoms with Gasteiger partial charge in [0, 0.05) is 13.2 Å². The highest BCUT2D eigenvalue weighted by Gasteiger charge is 2.59. The molecule has 0 bridgehead atoms. The molecule has 1 spiro atoms. The molecule has 2 fully saturated rings. The summed E-state index contributed by atoms with van der Waals surface area (Å²) in [5, 5.41) is 3.57. The largest absolute Gasteiger partial charge is 0.380 e. The predicted octanol–water partition coefficient (Wildman–Crippen LogP) is 2.30. The zero-order chi connectivity index (χ0) is 15.0. The monoisotopic (exact) mass is 288 g/mol. The zero-order valence-electron chi connectivity index (χ0n) is 13.1. The summed E-state index contributed by atoms with van der Waals surface area (Å²) in [6, 6.07) is 6.44. The molecule has 3 rings (SSSR count). The van der Waals surface area contributed by atoms with Crippen LogP contribution in [0.15, 0.2) is 18.2 Å². The van der Waals surface area contributed by atoms with Crippen LogP contribution in [0.1, 0.15) is 42.6 Å². The molecule has 1 N–H and O–H groups in total. The number of aryl methyl sites for hydroxylation is 2. The summed E-state index contributed by atoms with van der Waals surface area (Å²) in [6.45, 7) is 8.13. The van der Waals surface area contributed by atoms with Crippen molar-refractivity contribution in [1.29, 1.82) is 0 Å². The lowest BCUT2D eigenvalue weighted by molar-refractivity contribution is -0.131. The van der Waals surface area contributed by atoms with E-state index < -0.39 is 0 Å². The molecule has 114 valence electrons. The van der Waals surface area contributed by atoms with Crippen molar-refractivity contribution in [1.82, 2.24) is 10.2 Å². The number of benzene rings is 1. The Bertz CT molecular complexity index is 552. The van der Waals surface area contributed by atoms with Crippen LogP contribution in [0.3, 0.4) is 0 Å². The van der Waals surface area contributed by atoms with Gasteiger partial charge in [0.05, 0.1) is 6.61 Å². The average Bonchev–Trinajstić information content (AvgIpc) is 3.17. The maximum atomic E-state index is 12.7. The number of rotatable bonds is 5. The summed E-state index contributed by atoms with van der Waals surface area (Å²) in [6.07, 6.45) is 1.90. The van der Waals surface area contributed by atoms with Crippen LogP contribution in [-0.2, 0) is 9.53 Å². The number of hydrogen-bond acceptors (Lipinski definition) is 3. The van der Waals surface area contributed by atoms with Crippen molar-refractivity contribution in [3.63, 3.8) is 0 Å². The lowest BCUT2D eigenvalue weighted by Gasteiger charge is -2.26. The molecular formula is C17H24N2O2. The molecule has 1 saturated heterocycles.